The number of benzene rings is 1. The van der Waals surface area contributed by atoms with E-state index in [4.69, 9.17) is 10.8 Å². The van der Waals surface area contributed by atoms with Crippen LogP contribution in [0.2, 0.25) is 0 Å². The molecule has 0 aliphatic rings. The summed E-state index contributed by atoms with van der Waals surface area (Å²) in [4.78, 5) is 13.6. The second-order valence-electron chi connectivity index (χ2n) is 4.69. The zero-order valence-corrected chi connectivity index (χ0v) is 11.5. The number of hydrogen-bond acceptors (Lipinski definition) is 4. The van der Waals surface area contributed by atoms with E-state index in [-0.39, 0.29) is 18.6 Å². The maximum absolute atomic E-state index is 12.2. The van der Waals surface area contributed by atoms with E-state index >= 15 is 0 Å². The molecular weight excluding hydrogens is 256 g/mol. The van der Waals surface area contributed by atoms with E-state index in [2.05, 4.69) is 5.10 Å². The predicted molar refractivity (Wildman–Crippen MR) is 76.6 cm³/mol. The largest absolute Gasteiger partial charge is 0.399 e. The molecule has 1 aromatic heterocycles. The second-order valence-corrected chi connectivity index (χ2v) is 4.69. The van der Waals surface area contributed by atoms with Crippen molar-refractivity contribution in [2.45, 2.75) is 13.0 Å². The first-order valence-corrected chi connectivity index (χ1v) is 6.32. The molecule has 0 spiro atoms. The van der Waals surface area contributed by atoms with Crippen LogP contribution in [0.3, 0.4) is 0 Å². The number of anilines is 1. The van der Waals surface area contributed by atoms with Crippen molar-refractivity contribution in [2.24, 2.45) is 0 Å². The smallest absolute Gasteiger partial charge is 0.274 e. The summed E-state index contributed by atoms with van der Waals surface area (Å²) in [5, 5.41) is 13.3. The molecule has 0 saturated heterocycles. The summed E-state index contributed by atoms with van der Waals surface area (Å²) in [7, 11) is 1.64. The number of nitrogens with zero attached hydrogens (tertiary/aromatic N) is 3. The van der Waals surface area contributed by atoms with Gasteiger partial charge in [0.25, 0.3) is 5.91 Å². The number of aliphatic hydroxyl groups is 1. The van der Waals surface area contributed by atoms with Gasteiger partial charge in [-0.15, -0.1) is 0 Å². The highest BCUT2D eigenvalue weighted by Gasteiger charge is 2.19. The number of hydrogen-bond donors (Lipinski definition) is 2. The minimum absolute atomic E-state index is 0.0852. The number of aromatic nitrogens is 2. The van der Waals surface area contributed by atoms with Gasteiger partial charge in [0.05, 0.1) is 18.3 Å². The van der Waals surface area contributed by atoms with Crippen molar-refractivity contribution in [1.82, 2.24) is 14.7 Å². The van der Waals surface area contributed by atoms with E-state index in [1.54, 1.807) is 43.0 Å². The van der Waals surface area contributed by atoms with Gasteiger partial charge in [-0.05, 0) is 31.2 Å². The van der Waals surface area contributed by atoms with Gasteiger partial charge in [0.2, 0.25) is 0 Å². The Balaban J connectivity index is 2.23. The van der Waals surface area contributed by atoms with Gasteiger partial charge >= 0.3 is 0 Å². The van der Waals surface area contributed by atoms with E-state index in [1.165, 1.54) is 4.90 Å². The Morgan fingerprint density at radius 3 is 2.90 bits per heavy atom. The first kappa shape index (κ1) is 14.1. The molecule has 0 aliphatic heterocycles. The molecule has 0 aliphatic carbocycles. The molecule has 1 atom stereocenters. The summed E-state index contributed by atoms with van der Waals surface area (Å²) in [6.07, 6.45) is 1.71. The van der Waals surface area contributed by atoms with E-state index in [0.29, 0.717) is 11.4 Å². The van der Waals surface area contributed by atoms with Crippen molar-refractivity contribution in [3.63, 3.8) is 0 Å². The lowest BCUT2D eigenvalue weighted by molar-refractivity contribution is 0.0676. The Labute approximate surface area is 117 Å². The molecule has 20 heavy (non-hydrogen) atoms. The molecule has 3 N–H and O–H groups in total. The summed E-state index contributed by atoms with van der Waals surface area (Å²) >= 11 is 0. The minimum Gasteiger partial charge on any atom is -0.399 e. The summed E-state index contributed by atoms with van der Waals surface area (Å²) in [5.74, 6) is -0.228. The SMILES string of the molecule is CC(CO)N(C)C(=O)c1ccn(-c2cccc(N)c2)n1. The topological polar surface area (TPSA) is 84.4 Å². The fourth-order valence-electron chi connectivity index (χ4n) is 1.75. The molecule has 0 bridgehead atoms. The summed E-state index contributed by atoms with van der Waals surface area (Å²) in [5.41, 5.74) is 7.48. The summed E-state index contributed by atoms with van der Waals surface area (Å²) < 4.78 is 1.60. The molecule has 2 aromatic rings. The lowest BCUT2D eigenvalue weighted by Crippen LogP contribution is -2.37. The first-order valence-electron chi connectivity index (χ1n) is 6.32. The van der Waals surface area contributed by atoms with Crippen molar-refractivity contribution in [3.8, 4) is 5.69 Å². The van der Waals surface area contributed by atoms with Gasteiger partial charge in [0, 0.05) is 18.9 Å². The van der Waals surface area contributed by atoms with Crippen LogP contribution in [0.25, 0.3) is 5.69 Å². The van der Waals surface area contributed by atoms with Crippen LogP contribution >= 0.6 is 0 Å². The van der Waals surface area contributed by atoms with Gasteiger partial charge in [0.1, 0.15) is 0 Å². The lowest BCUT2D eigenvalue weighted by atomic mass is 10.3. The Morgan fingerprint density at radius 2 is 2.25 bits per heavy atom. The maximum atomic E-state index is 12.2. The molecule has 1 aromatic carbocycles. The number of carbonyl (C=O) groups is 1. The summed E-state index contributed by atoms with van der Waals surface area (Å²) in [6, 6.07) is 8.65. The number of likely N-dealkylation sites (N-methyl/N-ethyl adjacent to an activating group) is 1. The Kier molecular flexibility index (Phi) is 4.05. The zero-order valence-electron chi connectivity index (χ0n) is 11.5. The highest BCUT2D eigenvalue weighted by Crippen LogP contribution is 2.12. The van der Waals surface area contributed by atoms with Gasteiger partial charge in [-0.25, -0.2) is 4.68 Å². The lowest BCUT2D eigenvalue weighted by Gasteiger charge is -2.21. The molecule has 6 nitrogen and oxygen atoms in total. The van der Waals surface area contributed by atoms with E-state index in [9.17, 15) is 4.79 Å². The van der Waals surface area contributed by atoms with Crippen LogP contribution in [0.5, 0.6) is 0 Å². The van der Waals surface area contributed by atoms with Gasteiger partial charge in [0.15, 0.2) is 5.69 Å². The first-order chi connectivity index (χ1) is 9.52. The van der Waals surface area contributed by atoms with Crippen molar-refractivity contribution in [2.75, 3.05) is 19.4 Å². The Morgan fingerprint density at radius 1 is 1.50 bits per heavy atom. The minimum atomic E-state index is -0.250. The molecule has 0 radical (unpaired) electrons. The maximum Gasteiger partial charge on any atom is 0.274 e. The number of amides is 1. The highest BCUT2D eigenvalue weighted by atomic mass is 16.3. The van der Waals surface area contributed by atoms with Gasteiger partial charge in [-0.2, -0.15) is 5.10 Å². The molecule has 1 amide bonds. The number of nitrogen functional groups attached to an aromatic ring is 1. The zero-order chi connectivity index (χ0) is 14.7. The van der Waals surface area contributed by atoms with Crippen molar-refractivity contribution in [3.05, 3.63) is 42.2 Å². The van der Waals surface area contributed by atoms with E-state index in [0.717, 1.165) is 5.69 Å². The van der Waals surface area contributed by atoms with Crippen LogP contribution in [0, 0.1) is 0 Å². The molecule has 6 heteroatoms. The molecular formula is C14H18N4O2. The van der Waals surface area contributed by atoms with Crippen molar-refractivity contribution < 1.29 is 9.90 Å². The van der Waals surface area contributed by atoms with Crippen LogP contribution in [0.4, 0.5) is 5.69 Å². The van der Waals surface area contributed by atoms with Gasteiger partial charge in [-0.3, -0.25) is 4.79 Å². The van der Waals surface area contributed by atoms with Crippen LogP contribution in [-0.4, -0.2) is 45.4 Å². The predicted octanol–water partition coefficient (Wildman–Crippen LogP) is 0.907. The van der Waals surface area contributed by atoms with Crippen molar-refractivity contribution >= 4 is 11.6 Å². The summed E-state index contributed by atoms with van der Waals surface area (Å²) in [6.45, 7) is 1.69. The normalized spacial score (nSPS) is 12.2. The van der Waals surface area contributed by atoms with Crippen LogP contribution in [0.1, 0.15) is 17.4 Å². The average Bonchev–Trinajstić information content (AvgIpc) is 2.94. The highest BCUT2D eigenvalue weighted by molar-refractivity contribution is 5.92. The Hall–Kier alpha value is -2.34. The number of carbonyl (C=O) groups excluding carboxylic acids is 1. The standard InChI is InChI=1S/C14H18N4O2/c1-10(9-19)17(2)14(20)13-6-7-18(16-13)12-5-3-4-11(15)8-12/h3-8,10,19H,9,15H2,1-2H3. The van der Waals surface area contributed by atoms with Crippen LogP contribution in [-0.2, 0) is 0 Å². The monoisotopic (exact) mass is 274 g/mol. The van der Waals surface area contributed by atoms with Gasteiger partial charge in [-0.1, -0.05) is 6.07 Å². The number of nitrogens with two attached hydrogens (primary N) is 1. The molecule has 0 fully saturated rings. The molecule has 2 rings (SSSR count). The van der Waals surface area contributed by atoms with Crippen molar-refractivity contribution in [1.29, 1.82) is 0 Å². The third kappa shape index (κ3) is 2.80. The molecule has 1 unspecified atom stereocenters. The third-order valence-electron chi connectivity index (χ3n) is 3.19. The molecule has 0 saturated carbocycles. The molecule has 1 heterocycles. The number of rotatable bonds is 4. The van der Waals surface area contributed by atoms with Crippen LogP contribution in [0.15, 0.2) is 36.5 Å². The Bertz CT molecular complexity index is 609. The van der Waals surface area contributed by atoms with E-state index < -0.39 is 0 Å². The number of aliphatic hydroxyl groups excluding tert-OH is 1. The van der Waals surface area contributed by atoms with E-state index in [1.807, 2.05) is 12.1 Å². The quantitative estimate of drug-likeness (QED) is 0.812. The fraction of sp³-hybridized carbons (Fsp3) is 0.286. The third-order valence-corrected chi connectivity index (χ3v) is 3.19. The second kappa shape index (κ2) is 5.75. The molecule has 106 valence electrons. The average molecular weight is 274 g/mol. The fourth-order valence-corrected chi connectivity index (χ4v) is 1.75. The van der Waals surface area contributed by atoms with Crippen LogP contribution < -0.4 is 5.73 Å². The van der Waals surface area contributed by atoms with Gasteiger partial charge < -0.3 is 15.7 Å².